The van der Waals surface area contributed by atoms with Crippen LogP contribution >= 0.6 is 0 Å². The number of carboxylic acids is 2. The number of carboxylic acid groups (broad SMARTS) is 2. The van der Waals surface area contributed by atoms with Gasteiger partial charge in [0.1, 0.15) is 0 Å². The van der Waals surface area contributed by atoms with Gasteiger partial charge >= 0.3 is 5.97 Å². The Morgan fingerprint density at radius 2 is 1.55 bits per heavy atom. The molecule has 0 aromatic heterocycles. The number of carbonyl (C=O) groups is 2. The molecular weight excluding hydrogens is 163 g/mol. The molecule has 2 N–H and O–H groups in total. The minimum atomic E-state index is -0.833. The van der Waals surface area contributed by atoms with Crippen molar-refractivity contribution in [2.75, 3.05) is 0 Å². The summed E-state index contributed by atoms with van der Waals surface area (Å²) in [7, 11) is 0. The molecule has 0 aromatic carbocycles. The van der Waals surface area contributed by atoms with E-state index in [-0.39, 0.29) is 17.4 Å². The van der Waals surface area contributed by atoms with Crippen LogP contribution in [0.2, 0.25) is 0 Å². The van der Waals surface area contributed by atoms with Crippen molar-refractivity contribution in [2.45, 2.75) is 26.7 Å². The Labute approximate surface area is 76.4 Å². The molecule has 11 heavy (non-hydrogen) atoms. The number of aliphatic carboxylic acids is 2. The van der Waals surface area contributed by atoms with Crippen LogP contribution in [0, 0.1) is 0 Å². The van der Waals surface area contributed by atoms with Gasteiger partial charge in [0.25, 0.3) is 5.97 Å². The van der Waals surface area contributed by atoms with Gasteiger partial charge < -0.3 is 10.2 Å². The van der Waals surface area contributed by atoms with Crippen LogP contribution in [-0.2, 0) is 9.59 Å². The van der Waals surface area contributed by atoms with Crippen molar-refractivity contribution in [1.82, 2.24) is 0 Å². The summed E-state index contributed by atoms with van der Waals surface area (Å²) in [5.74, 6) is -1.54. The first kappa shape index (κ1) is 16.8. The Balaban J connectivity index is -0.000000114. The molecule has 0 aliphatic heterocycles. The number of rotatable bonds is 2. The molecule has 0 unspecified atom stereocenters. The summed E-state index contributed by atoms with van der Waals surface area (Å²) in [6.45, 7) is 2.92. The van der Waals surface area contributed by atoms with E-state index in [1.807, 2.05) is 6.92 Å². The molecule has 0 spiro atoms. The van der Waals surface area contributed by atoms with Gasteiger partial charge in [-0.1, -0.05) is 6.92 Å². The van der Waals surface area contributed by atoms with Gasteiger partial charge in [-0.3, -0.25) is 9.59 Å². The molecule has 0 fully saturated rings. The van der Waals surface area contributed by atoms with Gasteiger partial charge in [0, 0.05) is 13.3 Å². The normalized spacial score (nSPS) is 6.73. The smallest absolute Gasteiger partial charge is 0.303 e. The fourth-order valence-electron chi connectivity index (χ4n) is 0.214. The lowest BCUT2D eigenvalue weighted by Gasteiger charge is -1.79. The molecular formula is C6H15AlO4. The third-order valence-corrected chi connectivity index (χ3v) is 0.464. The topological polar surface area (TPSA) is 74.6 Å². The average Bonchev–Trinajstić information content (AvgIpc) is 1.62. The lowest BCUT2D eigenvalue weighted by atomic mass is 10.4. The van der Waals surface area contributed by atoms with Crippen LogP contribution in [0.1, 0.15) is 26.7 Å². The molecule has 0 aromatic rings. The molecule has 5 heteroatoms. The molecule has 0 aliphatic carbocycles. The van der Waals surface area contributed by atoms with Crippen molar-refractivity contribution in [1.29, 1.82) is 0 Å². The van der Waals surface area contributed by atoms with Crippen LogP contribution in [0.3, 0.4) is 0 Å². The van der Waals surface area contributed by atoms with Crippen molar-refractivity contribution in [3.05, 3.63) is 0 Å². The predicted octanol–water partition coefficient (Wildman–Crippen LogP) is -0.222. The summed E-state index contributed by atoms with van der Waals surface area (Å²) in [5.41, 5.74) is 0. The van der Waals surface area contributed by atoms with Gasteiger partial charge in [-0.05, 0) is 6.42 Å². The van der Waals surface area contributed by atoms with Crippen LogP contribution in [0.4, 0.5) is 0 Å². The van der Waals surface area contributed by atoms with Crippen LogP contribution in [0.15, 0.2) is 0 Å². The Hall–Kier alpha value is -0.528. The van der Waals surface area contributed by atoms with Crippen LogP contribution in [-0.4, -0.2) is 39.5 Å². The Morgan fingerprint density at radius 1 is 1.27 bits per heavy atom. The zero-order valence-electron chi connectivity index (χ0n) is 6.13. The second kappa shape index (κ2) is 12.2. The van der Waals surface area contributed by atoms with E-state index < -0.39 is 11.9 Å². The quantitative estimate of drug-likeness (QED) is 0.573. The predicted molar refractivity (Wildman–Crippen MR) is 45.8 cm³/mol. The van der Waals surface area contributed by atoms with Crippen molar-refractivity contribution in [3.8, 4) is 0 Å². The fourth-order valence-corrected chi connectivity index (χ4v) is 0.214. The highest BCUT2D eigenvalue weighted by Crippen LogP contribution is 1.82. The summed E-state index contributed by atoms with van der Waals surface area (Å²) in [6.07, 6.45) is 1.02. The van der Waals surface area contributed by atoms with Crippen molar-refractivity contribution >= 4 is 29.3 Å². The molecule has 0 aliphatic rings. The van der Waals surface area contributed by atoms with Gasteiger partial charge in [-0.15, -0.1) is 0 Å². The molecule has 0 amide bonds. The first-order valence-corrected chi connectivity index (χ1v) is 2.92. The van der Waals surface area contributed by atoms with E-state index in [1.165, 1.54) is 0 Å². The Bertz CT molecular complexity index is 109. The first-order chi connectivity index (χ1) is 4.50. The molecule has 0 atom stereocenters. The summed E-state index contributed by atoms with van der Waals surface area (Å²) in [4.78, 5) is 18.6. The van der Waals surface area contributed by atoms with Gasteiger partial charge in [0.15, 0.2) is 17.4 Å². The molecule has 0 radical (unpaired) electrons. The summed E-state index contributed by atoms with van der Waals surface area (Å²) in [5, 5.41) is 15.3. The lowest BCUT2D eigenvalue weighted by Crippen LogP contribution is -1.90. The van der Waals surface area contributed by atoms with Gasteiger partial charge in [0.2, 0.25) is 0 Å². The zero-order chi connectivity index (χ0) is 8.57. The monoisotopic (exact) mass is 178 g/mol. The Morgan fingerprint density at radius 3 is 1.55 bits per heavy atom. The summed E-state index contributed by atoms with van der Waals surface area (Å²) in [6, 6.07) is 0. The average molecular weight is 178 g/mol. The van der Waals surface area contributed by atoms with Gasteiger partial charge in [-0.2, -0.15) is 0 Å². The second-order valence-electron chi connectivity index (χ2n) is 1.66. The SMILES string of the molecule is CC(=O)O.CCCC(=O)O.[AlH3]. The second-order valence-corrected chi connectivity index (χ2v) is 1.66. The van der Waals surface area contributed by atoms with Crippen LogP contribution in [0.5, 0.6) is 0 Å². The third kappa shape index (κ3) is 86.5. The molecule has 0 rings (SSSR count). The molecule has 0 saturated heterocycles. The van der Waals surface area contributed by atoms with Crippen LogP contribution in [0.25, 0.3) is 0 Å². The molecule has 0 bridgehead atoms. The maximum absolute atomic E-state index is 9.60. The molecule has 0 saturated carbocycles. The molecule has 66 valence electrons. The highest BCUT2D eigenvalue weighted by molar-refractivity contribution is 5.75. The van der Waals surface area contributed by atoms with Crippen molar-refractivity contribution in [3.63, 3.8) is 0 Å². The van der Waals surface area contributed by atoms with Crippen molar-refractivity contribution in [2.24, 2.45) is 0 Å². The van der Waals surface area contributed by atoms with Crippen LogP contribution < -0.4 is 0 Å². The van der Waals surface area contributed by atoms with E-state index in [1.54, 1.807) is 0 Å². The van der Waals surface area contributed by atoms with Crippen molar-refractivity contribution < 1.29 is 19.8 Å². The minimum Gasteiger partial charge on any atom is -0.481 e. The summed E-state index contributed by atoms with van der Waals surface area (Å²) >= 11 is 0. The largest absolute Gasteiger partial charge is 0.481 e. The van der Waals surface area contributed by atoms with E-state index in [9.17, 15) is 4.79 Å². The van der Waals surface area contributed by atoms with E-state index in [2.05, 4.69) is 0 Å². The maximum Gasteiger partial charge on any atom is 0.303 e. The highest BCUT2D eigenvalue weighted by atomic mass is 27.0. The van der Waals surface area contributed by atoms with E-state index in [0.29, 0.717) is 6.42 Å². The number of hydrogen-bond donors (Lipinski definition) is 2. The van der Waals surface area contributed by atoms with E-state index in [0.717, 1.165) is 13.3 Å². The summed E-state index contributed by atoms with van der Waals surface area (Å²) < 4.78 is 0. The van der Waals surface area contributed by atoms with Gasteiger partial charge in [0.05, 0.1) is 0 Å². The standard InChI is InChI=1S/C4H8O2.C2H4O2.Al.3H/c1-2-3-4(5)6;1-2(3)4;;;;/h2-3H2,1H3,(H,5,6);1H3,(H,3,4);;;;. The van der Waals surface area contributed by atoms with Gasteiger partial charge in [-0.25, -0.2) is 0 Å². The lowest BCUT2D eigenvalue weighted by molar-refractivity contribution is -0.137. The minimum absolute atomic E-state index is 0. The zero-order valence-corrected chi connectivity index (χ0v) is 6.13. The fraction of sp³-hybridized carbons (Fsp3) is 0.667. The highest BCUT2D eigenvalue weighted by Gasteiger charge is 1.87. The molecule has 4 nitrogen and oxygen atoms in total. The Kier molecular flexibility index (Phi) is 18.6. The third-order valence-electron chi connectivity index (χ3n) is 0.464. The molecule has 0 heterocycles. The number of hydrogen-bond acceptors (Lipinski definition) is 2. The maximum atomic E-state index is 9.60. The van der Waals surface area contributed by atoms with E-state index in [4.69, 9.17) is 15.0 Å². The van der Waals surface area contributed by atoms with E-state index >= 15 is 0 Å². The first-order valence-electron chi connectivity index (χ1n) is 2.92.